The summed E-state index contributed by atoms with van der Waals surface area (Å²) in [5, 5.41) is 3.30. The Morgan fingerprint density at radius 2 is 2.14 bits per heavy atom. The van der Waals surface area contributed by atoms with E-state index in [1.165, 1.54) is 30.5 Å². The molecule has 2 atom stereocenters. The summed E-state index contributed by atoms with van der Waals surface area (Å²) in [5.41, 5.74) is 8.53. The van der Waals surface area contributed by atoms with Crippen LogP contribution in [0.4, 0.5) is 0 Å². The summed E-state index contributed by atoms with van der Waals surface area (Å²) in [6, 6.07) is 11.1. The van der Waals surface area contributed by atoms with Gasteiger partial charge in [0.05, 0.1) is 5.69 Å². The van der Waals surface area contributed by atoms with Gasteiger partial charge >= 0.3 is 0 Å². The van der Waals surface area contributed by atoms with E-state index in [2.05, 4.69) is 41.5 Å². The highest BCUT2D eigenvalue weighted by Crippen LogP contribution is 2.26. The molecular formula is C17H23N3S. The molecule has 0 bridgehead atoms. The molecule has 0 radical (unpaired) electrons. The number of thiazole rings is 1. The number of hydrogen-bond donors (Lipinski definition) is 1. The fourth-order valence-corrected chi connectivity index (χ4v) is 3.93. The topological polar surface area (TPSA) is 42.1 Å². The summed E-state index contributed by atoms with van der Waals surface area (Å²) in [4.78, 5) is 7.32. The van der Waals surface area contributed by atoms with Crippen LogP contribution in [0.5, 0.6) is 0 Å². The van der Waals surface area contributed by atoms with Crippen molar-refractivity contribution in [2.24, 2.45) is 5.73 Å². The Morgan fingerprint density at radius 3 is 2.90 bits per heavy atom. The lowest BCUT2D eigenvalue weighted by molar-refractivity contribution is 0.122. The van der Waals surface area contributed by atoms with E-state index >= 15 is 0 Å². The predicted molar refractivity (Wildman–Crippen MR) is 89.2 cm³/mol. The van der Waals surface area contributed by atoms with E-state index in [1.54, 1.807) is 11.3 Å². The molecule has 0 spiro atoms. The SMILES string of the molecule is CC(N)C1CCCCN1Cc1csc(-c2ccccc2)n1. The lowest BCUT2D eigenvalue weighted by Crippen LogP contribution is -2.48. The van der Waals surface area contributed by atoms with E-state index in [0.29, 0.717) is 6.04 Å². The van der Waals surface area contributed by atoms with E-state index in [4.69, 9.17) is 10.7 Å². The zero-order valence-electron chi connectivity index (χ0n) is 12.5. The van der Waals surface area contributed by atoms with Crippen molar-refractivity contribution in [3.8, 4) is 10.6 Å². The molecule has 112 valence electrons. The van der Waals surface area contributed by atoms with Gasteiger partial charge in [0.15, 0.2) is 0 Å². The highest BCUT2D eigenvalue weighted by molar-refractivity contribution is 7.13. The van der Waals surface area contributed by atoms with Gasteiger partial charge in [0.25, 0.3) is 0 Å². The number of rotatable bonds is 4. The van der Waals surface area contributed by atoms with E-state index in [9.17, 15) is 0 Å². The van der Waals surface area contributed by atoms with Crippen LogP contribution in [0.2, 0.25) is 0 Å². The second-order valence-electron chi connectivity index (χ2n) is 5.90. The Kier molecular flexibility index (Phi) is 4.68. The first kappa shape index (κ1) is 14.7. The molecule has 1 aromatic carbocycles. The van der Waals surface area contributed by atoms with Crippen molar-refractivity contribution in [2.45, 2.75) is 44.8 Å². The molecule has 2 heterocycles. The standard InChI is InChI=1S/C17H23N3S/c1-13(18)16-9-5-6-10-20(16)11-15-12-21-17(19-15)14-7-3-2-4-8-14/h2-4,7-8,12-13,16H,5-6,9-11,18H2,1H3. The van der Waals surface area contributed by atoms with Crippen molar-refractivity contribution >= 4 is 11.3 Å². The van der Waals surface area contributed by atoms with Crippen molar-refractivity contribution in [3.63, 3.8) is 0 Å². The smallest absolute Gasteiger partial charge is 0.123 e. The van der Waals surface area contributed by atoms with Crippen LogP contribution in [0.25, 0.3) is 10.6 Å². The minimum absolute atomic E-state index is 0.234. The van der Waals surface area contributed by atoms with Gasteiger partial charge in [0.1, 0.15) is 5.01 Å². The molecule has 0 aliphatic carbocycles. The van der Waals surface area contributed by atoms with Gasteiger partial charge in [0.2, 0.25) is 0 Å². The highest BCUT2D eigenvalue weighted by Gasteiger charge is 2.25. The van der Waals surface area contributed by atoms with Crippen LogP contribution < -0.4 is 5.73 Å². The first-order valence-corrected chi connectivity index (χ1v) is 8.61. The molecule has 2 aromatic rings. The monoisotopic (exact) mass is 301 g/mol. The van der Waals surface area contributed by atoms with E-state index < -0.39 is 0 Å². The number of hydrogen-bond acceptors (Lipinski definition) is 4. The summed E-state index contributed by atoms with van der Waals surface area (Å²) < 4.78 is 0. The molecule has 0 amide bonds. The van der Waals surface area contributed by atoms with Crippen molar-refractivity contribution in [1.29, 1.82) is 0 Å². The average molecular weight is 301 g/mol. The van der Waals surface area contributed by atoms with Gasteiger partial charge in [-0.05, 0) is 26.3 Å². The van der Waals surface area contributed by atoms with Gasteiger partial charge in [-0.2, -0.15) is 0 Å². The molecule has 0 saturated carbocycles. The van der Waals surface area contributed by atoms with Crippen LogP contribution in [0, 0.1) is 0 Å². The summed E-state index contributed by atoms with van der Waals surface area (Å²) >= 11 is 1.73. The zero-order chi connectivity index (χ0) is 14.7. The van der Waals surface area contributed by atoms with Gasteiger partial charge in [0, 0.05) is 29.6 Å². The fraction of sp³-hybridized carbons (Fsp3) is 0.471. The number of aromatic nitrogens is 1. The van der Waals surface area contributed by atoms with E-state index in [0.717, 1.165) is 18.1 Å². The molecule has 2 N–H and O–H groups in total. The van der Waals surface area contributed by atoms with Gasteiger partial charge < -0.3 is 5.73 Å². The summed E-state index contributed by atoms with van der Waals surface area (Å²) in [5.74, 6) is 0. The first-order valence-electron chi connectivity index (χ1n) is 7.73. The minimum atomic E-state index is 0.234. The van der Waals surface area contributed by atoms with Crippen LogP contribution in [-0.2, 0) is 6.54 Å². The predicted octanol–water partition coefficient (Wildman–Crippen LogP) is 3.51. The van der Waals surface area contributed by atoms with Crippen molar-refractivity contribution in [2.75, 3.05) is 6.54 Å². The lowest BCUT2D eigenvalue weighted by Gasteiger charge is -2.37. The summed E-state index contributed by atoms with van der Waals surface area (Å²) in [7, 11) is 0. The molecule has 2 unspecified atom stereocenters. The largest absolute Gasteiger partial charge is 0.327 e. The van der Waals surface area contributed by atoms with Crippen LogP contribution in [0.1, 0.15) is 31.9 Å². The number of benzene rings is 1. The first-order chi connectivity index (χ1) is 10.2. The maximum absolute atomic E-state index is 6.15. The molecule has 1 aliphatic heterocycles. The van der Waals surface area contributed by atoms with E-state index in [1.807, 2.05) is 6.07 Å². The Labute approximate surface area is 130 Å². The van der Waals surface area contributed by atoms with Crippen LogP contribution in [0.15, 0.2) is 35.7 Å². The second kappa shape index (κ2) is 6.69. The third-order valence-electron chi connectivity index (χ3n) is 4.21. The number of nitrogens with two attached hydrogens (primary N) is 1. The third-order valence-corrected chi connectivity index (χ3v) is 5.15. The Balaban J connectivity index is 1.72. The summed E-state index contributed by atoms with van der Waals surface area (Å²) in [6.07, 6.45) is 3.79. The molecule has 3 rings (SSSR count). The van der Waals surface area contributed by atoms with Gasteiger partial charge in [-0.15, -0.1) is 11.3 Å². The molecule has 4 heteroatoms. The van der Waals surface area contributed by atoms with Crippen molar-refractivity contribution < 1.29 is 0 Å². The number of nitrogens with zero attached hydrogens (tertiary/aromatic N) is 2. The molecule has 1 fully saturated rings. The van der Waals surface area contributed by atoms with E-state index in [-0.39, 0.29) is 6.04 Å². The van der Waals surface area contributed by atoms with Gasteiger partial charge in [-0.1, -0.05) is 36.8 Å². The Morgan fingerprint density at radius 1 is 1.33 bits per heavy atom. The Hall–Kier alpha value is -1.23. The van der Waals surface area contributed by atoms with Gasteiger partial charge in [-0.25, -0.2) is 4.98 Å². The molecule has 3 nitrogen and oxygen atoms in total. The highest BCUT2D eigenvalue weighted by atomic mass is 32.1. The van der Waals surface area contributed by atoms with Crippen LogP contribution in [-0.4, -0.2) is 28.5 Å². The van der Waals surface area contributed by atoms with Crippen LogP contribution in [0.3, 0.4) is 0 Å². The molecule has 21 heavy (non-hydrogen) atoms. The molecule has 1 saturated heterocycles. The summed E-state index contributed by atoms with van der Waals surface area (Å²) in [6.45, 7) is 4.19. The average Bonchev–Trinajstić information content (AvgIpc) is 2.97. The molecule has 1 aromatic heterocycles. The maximum Gasteiger partial charge on any atom is 0.123 e. The number of piperidine rings is 1. The molecule has 1 aliphatic rings. The minimum Gasteiger partial charge on any atom is -0.327 e. The maximum atomic E-state index is 6.15. The normalized spacial score (nSPS) is 21.3. The number of likely N-dealkylation sites (tertiary alicyclic amines) is 1. The van der Waals surface area contributed by atoms with Crippen molar-refractivity contribution in [1.82, 2.24) is 9.88 Å². The second-order valence-corrected chi connectivity index (χ2v) is 6.76. The third kappa shape index (κ3) is 3.51. The zero-order valence-corrected chi connectivity index (χ0v) is 13.4. The van der Waals surface area contributed by atoms with Crippen LogP contribution >= 0.6 is 11.3 Å². The van der Waals surface area contributed by atoms with Gasteiger partial charge in [-0.3, -0.25) is 4.90 Å². The molecular weight excluding hydrogens is 278 g/mol. The lowest BCUT2D eigenvalue weighted by atomic mass is 9.97. The van der Waals surface area contributed by atoms with Crippen molar-refractivity contribution in [3.05, 3.63) is 41.4 Å². The Bertz CT molecular complexity index is 564. The quantitative estimate of drug-likeness (QED) is 0.939. The fourth-order valence-electron chi connectivity index (χ4n) is 3.11.